The number of hydrogen-bond donors (Lipinski definition) is 1. The van der Waals surface area contributed by atoms with E-state index in [4.69, 9.17) is 0 Å². The van der Waals surface area contributed by atoms with Crippen molar-refractivity contribution in [1.82, 2.24) is 5.32 Å². The van der Waals surface area contributed by atoms with E-state index in [-0.39, 0.29) is 0 Å². The fourth-order valence-electron chi connectivity index (χ4n) is 3.10. The van der Waals surface area contributed by atoms with E-state index in [0.717, 1.165) is 17.9 Å². The van der Waals surface area contributed by atoms with Crippen LogP contribution in [0.2, 0.25) is 0 Å². The topological polar surface area (TPSA) is 21.9 Å². The SMILES string of the molecule is CCCC(C)(CC)C(C)CC(CC)C1CN1. The molecule has 0 radical (unpaired) electrons. The van der Waals surface area contributed by atoms with Crippen molar-refractivity contribution in [1.29, 1.82) is 0 Å². The molecule has 1 nitrogen and oxygen atoms in total. The van der Waals surface area contributed by atoms with Crippen molar-refractivity contribution in [2.75, 3.05) is 6.54 Å². The van der Waals surface area contributed by atoms with Gasteiger partial charge in [0.05, 0.1) is 0 Å². The van der Waals surface area contributed by atoms with Crippen LogP contribution >= 0.6 is 0 Å². The molecule has 1 fully saturated rings. The van der Waals surface area contributed by atoms with Gasteiger partial charge in [0.2, 0.25) is 0 Å². The molecule has 16 heavy (non-hydrogen) atoms. The third kappa shape index (κ3) is 3.48. The Morgan fingerprint density at radius 2 is 1.94 bits per heavy atom. The minimum Gasteiger partial charge on any atom is -0.311 e. The van der Waals surface area contributed by atoms with Gasteiger partial charge in [-0.1, -0.05) is 53.9 Å². The van der Waals surface area contributed by atoms with Crippen LogP contribution in [0.1, 0.15) is 66.7 Å². The van der Waals surface area contributed by atoms with Crippen LogP contribution in [0.15, 0.2) is 0 Å². The van der Waals surface area contributed by atoms with E-state index in [1.807, 2.05) is 0 Å². The third-order valence-electron chi connectivity index (χ3n) is 5.01. The largest absolute Gasteiger partial charge is 0.311 e. The zero-order valence-corrected chi connectivity index (χ0v) is 12.0. The Balaban J connectivity index is 2.49. The number of nitrogens with one attached hydrogen (secondary N) is 1. The van der Waals surface area contributed by atoms with Crippen molar-refractivity contribution in [3.8, 4) is 0 Å². The fraction of sp³-hybridized carbons (Fsp3) is 1.00. The molecule has 1 aliphatic rings. The normalized spacial score (nSPS) is 27.2. The van der Waals surface area contributed by atoms with E-state index in [0.29, 0.717) is 5.41 Å². The zero-order valence-electron chi connectivity index (χ0n) is 12.0. The lowest BCUT2D eigenvalue weighted by Gasteiger charge is -2.36. The van der Waals surface area contributed by atoms with Crippen molar-refractivity contribution in [2.45, 2.75) is 72.8 Å². The van der Waals surface area contributed by atoms with Crippen LogP contribution in [-0.2, 0) is 0 Å². The summed E-state index contributed by atoms with van der Waals surface area (Å²) in [5.41, 5.74) is 0.567. The highest BCUT2D eigenvalue weighted by atomic mass is 15.1. The second kappa shape index (κ2) is 6.05. The van der Waals surface area contributed by atoms with Crippen molar-refractivity contribution in [2.24, 2.45) is 17.3 Å². The van der Waals surface area contributed by atoms with Crippen molar-refractivity contribution < 1.29 is 0 Å². The molecule has 0 aliphatic carbocycles. The van der Waals surface area contributed by atoms with Crippen LogP contribution in [0.3, 0.4) is 0 Å². The van der Waals surface area contributed by atoms with Crippen molar-refractivity contribution in [3.63, 3.8) is 0 Å². The minimum absolute atomic E-state index is 0.567. The summed E-state index contributed by atoms with van der Waals surface area (Å²) < 4.78 is 0. The van der Waals surface area contributed by atoms with Gasteiger partial charge in [-0.3, -0.25) is 0 Å². The highest BCUT2D eigenvalue weighted by Crippen LogP contribution is 2.40. The summed E-state index contributed by atoms with van der Waals surface area (Å²) in [6.45, 7) is 13.3. The Hall–Kier alpha value is -0.0400. The van der Waals surface area contributed by atoms with E-state index in [2.05, 4.69) is 39.9 Å². The van der Waals surface area contributed by atoms with Gasteiger partial charge in [-0.2, -0.15) is 0 Å². The minimum atomic E-state index is 0.567. The lowest BCUT2D eigenvalue weighted by atomic mass is 9.69. The molecule has 1 aliphatic heterocycles. The Bertz CT molecular complexity index is 198. The third-order valence-corrected chi connectivity index (χ3v) is 5.01. The van der Waals surface area contributed by atoms with E-state index < -0.39 is 0 Å². The molecule has 0 aromatic rings. The van der Waals surface area contributed by atoms with Crippen LogP contribution in [0, 0.1) is 17.3 Å². The molecule has 1 heterocycles. The molecular weight excluding hydrogens is 194 g/mol. The maximum absolute atomic E-state index is 3.49. The summed E-state index contributed by atoms with van der Waals surface area (Å²) in [5.74, 6) is 1.78. The summed E-state index contributed by atoms with van der Waals surface area (Å²) >= 11 is 0. The molecule has 0 spiro atoms. The van der Waals surface area contributed by atoms with E-state index in [1.54, 1.807) is 0 Å². The maximum Gasteiger partial charge on any atom is 0.0221 e. The van der Waals surface area contributed by atoms with Gasteiger partial charge < -0.3 is 5.32 Å². The van der Waals surface area contributed by atoms with Crippen molar-refractivity contribution >= 4 is 0 Å². The molecular formula is C15H31N. The van der Waals surface area contributed by atoms with Crippen LogP contribution in [-0.4, -0.2) is 12.6 Å². The Morgan fingerprint density at radius 1 is 1.31 bits per heavy atom. The number of rotatable bonds is 8. The van der Waals surface area contributed by atoms with Gasteiger partial charge >= 0.3 is 0 Å². The molecule has 96 valence electrons. The molecule has 1 N–H and O–H groups in total. The standard InChI is InChI=1S/C15H31N/c1-6-9-15(5,8-3)12(4)10-13(7-2)14-11-16-14/h12-14,16H,6-11H2,1-5H3. The molecule has 4 unspecified atom stereocenters. The van der Waals surface area contributed by atoms with Crippen molar-refractivity contribution in [3.05, 3.63) is 0 Å². The van der Waals surface area contributed by atoms with Crippen LogP contribution in [0.5, 0.6) is 0 Å². The smallest absolute Gasteiger partial charge is 0.0221 e. The predicted molar refractivity (Wildman–Crippen MR) is 72.7 cm³/mol. The second-order valence-corrected chi connectivity index (χ2v) is 6.08. The van der Waals surface area contributed by atoms with Gasteiger partial charge in [-0.15, -0.1) is 0 Å². The fourth-order valence-corrected chi connectivity index (χ4v) is 3.10. The van der Waals surface area contributed by atoms with Crippen LogP contribution in [0.4, 0.5) is 0 Å². The van der Waals surface area contributed by atoms with Crippen LogP contribution in [0.25, 0.3) is 0 Å². The first-order valence-electron chi connectivity index (χ1n) is 7.30. The average Bonchev–Trinajstić information content (AvgIpc) is 3.09. The molecule has 0 saturated carbocycles. The molecule has 1 rings (SSSR count). The summed E-state index contributed by atoms with van der Waals surface area (Å²) in [6.07, 6.45) is 6.80. The Labute approximate surface area is 102 Å². The Kier molecular flexibility index (Phi) is 5.30. The molecule has 0 bridgehead atoms. The van der Waals surface area contributed by atoms with Gasteiger partial charge in [0.1, 0.15) is 0 Å². The van der Waals surface area contributed by atoms with Gasteiger partial charge in [0.15, 0.2) is 0 Å². The van der Waals surface area contributed by atoms with Crippen LogP contribution < -0.4 is 5.32 Å². The zero-order chi connectivity index (χ0) is 12.2. The molecule has 1 saturated heterocycles. The lowest BCUT2D eigenvalue weighted by Crippen LogP contribution is -2.28. The highest BCUT2D eigenvalue weighted by Gasteiger charge is 2.35. The van der Waals surface area contributed by atoms with E-state index >= 15 is 0 Å². The van der Waals surface area contributed by atoms with Gasteiger partial charge in [0.25, 0.3) is 0 Å². The van der Waals surface area contributed by atoms with Gasteiger partial charge in [-0.05, 0) is 30.1 Å². The number of hydrogen-bond acceptors (Lipinski definition) is 1. The summed E-state index contributed by atoms with van der Waals surface area (Å²) in [4.78, 5) is 0. The molecule has 0 aromatic heterocycles. The predicted octanol–water partition coefficient (Wildman–Crippen LogP) is 4.23. The Morgan fingerprint density at radius 3 is 2.31 bits per heavy atom. The maximum atomic E-state index is 3.49. The lowest BCUT2D eigenvalue weighted by molar-refractivity contribution is 0.143. The second-order valence-electron chi connectivity index (χ2n) is 6.08. The summed E-state index contributed by atoms with van der Waals surface area (Å²) in [6, 6.07) is 0.843. The molecule has 4 atom stereocenters. The quantitative estimate of drug-likeness (QED) is 0.614. The van der Waals surface area contributed by atoms with Gasteiger partial charge in [0, 0.05) is 12.6 Å². The first-order chi connectivity index (χ1) is 7.57. The highest BCUT2D eigenvalue weighted by molar-refractivity contribution is 4.92. The first-order valence-corrected chi connectivity index (χ1v) is 7.30. The monoisotopic (exact) mass is 225 g/mol. The average molecular weight is 225 g/mol. The molecule has 1 heteroatoms. The molecule has 0 aromatic carbocycles. The summed E-state index contributed by atoms with van der Waals surface area (Å²) in [5, 5.41) is 3.49. The first kappa shape index (κ1) is 14.0. The molecule has 0 amide bonds. The van der Waals surface area contributed by atoms with E-state index in [9.17, 15) is 0 Å². The van der Waals surface area contributed by atoms with E-state index in [1.165, 1.54) is 38.6 Å². The van der Waals surface area contributed by atoms with Gasteiger partial charge in [-0.25, -0.2) is 0 Å². The summed E-state index contributed by atoms with van der Waals surface area (Å²) in [7, 11) is 0.